The molecule has 0 bridgehead atoms. The molecule has 3 aromatic heterocycles. The van der Waals surface area contributed by atoms with Crippen molar-refractivity contribution in [1.82, 2.24) is 14.5 Å². The third kappa shape index (κ3) is 3.69. The predicted octanol–water partition coefficient (Wildman–Crippen LogP) is 4.11. The second kappa shape index (κ2) is 7.50. The Kier molecular flexibility index (Phi) is 4.87. The fourth-order valence-corrected chi connectivity index (χ4v) is 5.16. The number of hydrogen-bond donors (Lipinski definition) is 1. The Balaban J connectivity index is 1.53. The number of thiophene rings is 1. The molecular weight excluding hydrogens is 424 g/mol. The first kappa shape index (κ1) is 20.8. The van der Waals surface area contributed by atoms with Gasteiger partial charge in [-0.05, 0) is 51.5 Å². The normalized spacial score (nSPS) is 15.1. The van der Waals surface area contributed by atoms with Crippen LogP contribution in [0.2, 0.25) is 0 Å². The average molecular weight is 449 g/mol. The summed E-state index contributed by atoms with van der Waals surface area (Å²) in [5.74, 6) is 0.229. The summed E-state index contributed by atoms with van der Waals surface area (Å²) in [6.45, 7) is 8.22. The summed E-state index contributed by atoms with van der Waals surface area (Å²) < 4.78 is 7.87. The van der Waals surface area contributed by atoms with Crippen molar-refractivity contribution in [2.75, 3.05) is 5.32 Å². The van der Waals surface area contributed by atoms with Crippen LogP contribution in [0, 0.1) is 13.8 Å². The van der Waals surface area contributed by atoms with Crippen molar-refractivity contribution >= 4 is 43.4 Å². The second-order valence-electron chi connectivity index (χ2n) is 8.92. The number of amides is 1. The molecule has 1 aromatic carbocycles. The van der Waals surface area contributed by atoms with E-state index in [1.165, 1.54) is 15.9 Å². The lowest BCUT2D eigenvalue weighted by atomic mass is 9.95. The Morgan fingerprint density at radius 2 is 2.06 bits per heavy atom. The molecule has 164 valence electrons. The maximum atomic E-state index is 13.3. The highest BCUT2D eigenvalue weighted by Crippen LogP contribution is 2.34. The summed E-state index contributed by atoms with van der Waals surface area (Å²) in [6, 6.07) is 9.60. The van der Waals surface area contributed by atoms with E-state index in [2.05, 4.69) is 24.1 Å². The van der Waals surface area contributed by atoms with Crippen LogP contribution in [0.4, 0.5) is 5.69 Å². The van der Waals surface area contributed by atoms with Gasteiger partial charge in [-0.2, -0.15) is 0 Å². The zero-order valence-electron chi connectivity index (χ0n) is 18.5. The van der Waals surface area contributed by atoms with Gasteiger partial charge in [-0.15, -0.1) is 11.3 Å². The number of ether oxygens (including phenoxy) is 1. The van der Waals surface area contributed by atoms with E-state index in [9.17, 15) is 9.59 Å². The number of benzene rings is 1. The smallest absolute Gasteiger partial charge is 0.272 e. The first-order valence-corrected chi connectivity index (χ1v) is 11.3. The van der Waals surface area contributed by atoms with Crippen LogP contribution >= 0.6 is 11.3 Å². The monoisotopic (exact) mass is 448 g/mol. The highest BCUT2D eigenvalue weighted by molar-refractivity contribution is 7.25. The van der Waals surface area contributed by atoms with Crippen LogP contribution in [-0.4, -0.2) is 26.0 Å². The molecule has 8 heteroatoms. The SMILES string of the molecule is Cc1cccc(NC(=O)Cn2c(C)nc3c(sc4nc5c(cc43)COC(C)(C)C5)c2=O)c1. The molecule has 4 heterocycles. The summed E-state index contributed by atoms with van der Waals surface area (Å²) in [5, 5.41) is 3.72. The molecule has 0 atom stereocenters. The van der Waals surface area contributed by atoms with Crippen molar-refractivity contribution in [2.45, 2.75) is 52.9 Å². The third-order valence-corrected chi connectivity index (χ3v) is 6.82. The number of carbonyl (C=O) groups excluding carboxylic acids is 1. The van der Waals surface area contributed by atoms with Gasteiger partial charge in [0.25, 0.3) is 5.56 Å². The van der Waals surface area contributed by atoms with Gasteiger partial charge in [0, 0.05) is 23.1 Å². The minimum absolute atomic E-state index is 0.0955. The highest BCUT2D eigenvalue weighted by Gasteiger charge is 2.28. The van der Waals surface area contributed by atoms with Gasteiger partial charge in [-0.25, -0.2) is 9.97 Å². The average Bonchev–Trinajstić information content (AvgIpc) is 3.06. The van der Waals surface area contributed by atoms with E-state index in [-0.39, 0.29) is 23.6 Å². The number of nitrogens with one attached hydrogen (secondary N) is 1. The van der Waals surface area contributed by atoms with Crippen molar-refractivity contribution in [2.24, 2.45) is 0 Å². The standard InChI is InChI=1S/C24H24N4O3S/c1-13-6-5-7-16(8-13)26-19(29)11-28-14(2)25-20-17-9-15-12-31-24(3,4)10-18(15)27-22(17)32-21(20)23(28)30/h5-9H,10-12H2,1-4H3,(H,26,29). The van der Waals surface area contributed by atoms with Gasteiger partial charge in [0.15, 0.2) is 0 Å². The Hall–Kier alpha value is -3.10. The Morgan fingerprint density at radius 1 is 1.25 bits per heavy atom. The van der Waals surface area contributed by atoms with Gasteiger partial charge in [-0.3, -0.25) is 14.2 Å². The number of hydrogen-bond acceptors (Lipinski definition) is 6. The van der Waals surface area contributed by atoms with Crippen molar-refractivity contribution in [3.8, 4) is 0 Å². The number of pyridine rings is 1. The number of nitrogens with zero attached hydrogens (tertiary/aromatic N) is 3. The van der Waals surface area contributed by atoms with Crippen LogP contribution in [0.15, 0.2) is 35.1 Å². The molecule has 32 heavy (non-hydrogen) atoms. The minimum Gasteiger partial charge on any atom is -0.370 e. The number of anilines is 1. The zero-order chi connectivity index (χ0) is 22.6. The van der Waals surface area contributed by atoms with E-state index in [0.29, 0.717) is 28.3 Å². The molecule has 0 radical (unpaired) electrons. The van der Waals surface area contributed by atoms with Gasteiger partial charge in [0.05, 0.1) is 23.4 Å². The molecular formula is C24H24N4O3S. The number of rotatable bonds is 3. The molecule has 1 aliphatic rings. The Bertz CT molecular complexity index is 1450. The maximum absolute atomic E-state index is 13.3. The topological polar surface area (TPSA) is 86.1 Å². The summed E-state index contributed by atoms with van der Waals surface area (Å²) in [6.07, 6.45) is 0.725. The summed E-state index contributed by atoms with van der Waals surface area (Å²) >= 11 is 1.34. The van der Waals surface area contributed by atoms with Crippen LogP contribution in [0.3, 0.4) is 0 Å². The number of aromatic nitrogens is 3. The molecule has 0 saturated carbocycles. The van der Waals surface area contributed by atoms with Gasteiger partial charge in [0.2, 0.25) is 5.91 Å². The van der Waals surface area contributed by atoms with Crippen molar-refractivity contribution in [3.05, 3.63) is 63.3 Å². The molecule has 0 fully saturated rings. The summed E-state index contributed by atoms with van der Waals surface area (Å²) in [4.78, 5) is 36.2. The van der Waals surface area contributed by atoms with Gasteiger partial charge in [-0.1, -0.05) is 12.1 Å². The van der Waals surface area contributed by atoms with Crippen LogP contribution < -0.4 is 10.9 Å². The molecule has 0 unspecified atom stereocenters. The van der Waals surface area contributed by atoms with E-state index in [0.717, 1.165) is 33.5 Å². The largest absolute Gasteiger partial charge is 0.370 e. The summed E-state index contributed by atoms with van der Waals surface area (Å²) in [5.41, 5.74) is 3.97. The van der Waals surface area contributed by atoms with Crippen molar-refractivity contribution in [3.63, 3.8) is 0 Å². The fourth-order valence-electron chi connectivity index (χ4n) is 4.09. The lowest BCUT2D eigenvalue weighted by Crippen LogP contribution is -2.32. The first-order valence-electron chi connectivity index (χ1n) is 10.5. The maximum Gasteiger partial charge on any atom is 0.272 e. The molecule has 0 spiro atoms. The van der Waals surface area contributed by atoms with E-state index in [4.69, 9.17) is 9.72 Å². The molecule has 1 N–H and O–H groups in total. The third-order valence-electron chi connectivity index (χ3n) is 5.74. The number of carbonyl (C=O) groups is 1. The van der Waals surface area contributed by atoms with E-state index < -0.39 is 0 Å². The zero-order valence-corrected chi connectivity index (χ0v) is 19.3. The van der Waals surface area contributed by atoms with Crippen LogP contribution in [-0.2, 0) is 29.1 Å². The molecule has 0 saturated heterocycles. The van der Waals surface area contributed by atoms with E-state index in [1.54, 1.807) is 6.92 Å². The van der Waals surface area contributed by atoms with Crippen LogP contribution in [0.1, 0.15) is 36.5 Å². The molecule has 4 aromatic rings. The minimum atomic E-state index is -0.268. The van der Waals surface area contributed by atoms with Crippen molar-refractivity contribution < 1.29 is 9.53 Å². The van der Waals surface area contributed by atoms with E-state index in [1.807, 2.05) is 37.3 Å². The highest BCUT2D eigenvalue weighted by atomic mass is 32.1. The molecule has 7 nitrogen and oxygen atoms in total. The molecule has 1 aliphatic heterocycles. The first-order chi connectivity index (χ1) is 15.2. The Labute approximate surface area is 189 Å². The van der Waals surface area contributed by atoms with Gasteiger partial charge < -0.3 is 10.1 Å². The predicted molar refractivity (Wildman–Crippen MR) is 126 cm³/mol. The van der Waals surface area contributed by atoms with E-state index >= 15 is 0 Å². The molecule has 0 aliphatic carbocycles. The second-order valence-corrected chi connectivity index (χ2v) is 9.92. The molecule has 5 rings (SSSR count). The lowest BCUT2D eigenvalue weighted by molar-refractivity contribution is -0.116. The Morgan fingerprint density at radius 3 is 2.84 bits per heavy atom. The number of aryl methyl sites for hydroxylation is 2. The molecule has 1 amide bonds. The lowest BCUT2D eigenvalue weighted by Gasteiger charge is -2.30. The van der Waals surface area contributed by atoms with Crippen LogP contribution in [0.5, 0.6) is 0 Å². The van der Waals surface area contributed by atoms with Gasteiger partial charge in [0.1, 0.15) is 21.9 Å². The van der Waals surface area contributed by atoms with Gasteiger partial charge >= 0.3 is 0 Å². The van der Waals surface area contributed by atoms with Crippen molar-refractivity contribution in [1.29, 1.82) is 0 Å². The van der Waals surface area contributed by atoms with Crippen LogP contribution in [0.25, 0.3) is 20.4 Å². The number of fused-ring (bicyclic) bond motifs is 4. The fraction of sp³-hybridized carbons (Fsp3) is 0.333. The summed E-state index contributed by atoms with van der Waals surface area (Å²) in [7, 11) is 0. The quantitative estimate of drug-likeness (QED) is 0.510.